The number of likely N-dealkylation sites (tertiary alicyclic amines) is 1. The number of amides is 2. The number of nitrogens with zero attached hydrogens (tertiary/aromatic N) is 1. The third-order valence-corrected chi connectivity index (χ3v) is 3.55. The summed E-state index contributed by atoms with van der Waals surface area (Å²) in [6.07, 6.45) is 1.93. The van der Waals surface area contributed by atoms with E-state index < -0.39 is 23.9 Å². The molecule has 0 saturated carbocycles. The number of carboxylic acids is 1. The normalized spacial score (nSPS) is 18.7. The van der Waals surface area contributed by atoms with Gasteiger partial charge in [0.2, 0.25) is 0 Å². The average Bonchev–Trinajstić information content (AvgIpc) is 2.42. The zero-order valence-corrected chi connectivity index (χ0v) is 11.4. The molecular formula is C13H14ClFN2O3. The lowest BCUT2D eigenvalue weighted by molar-refractivity contribution is -0.143. The monoisotopic (exact) mass is 300 g/mol. The van der Waals surface area contributed by atoms with E-state index in [0.717, 1.165) is 18.9 Å². The molecule has 7 heteroatoms. The molecule has 108 valence electrons. The van der Waals surface area contributed by atoms with Crippen molar-refractivity contribution in [1.29, 1.82) is 0 Å². The third-order valence-electron chi connectivity index (χ3n) is 3.22. The maximum Gasteiger partial charge on any atom is 0.326 e. The number of carboxylic acid groups (broad SMARTS) is 1. The molecule has 5 nitrogen and oxygen atoms in total. The molecule has 1 unspecified atom stereocenters. The van der Waals surface area contributed by atoms with Gasteiger partial charge in [-0.15, -0.1) is 0 Å². The van der Waals surface area contributed by atoms with Crippen molar-refractivity contribution in [2.45, 2.75) is 25.3 Å². The van der Waals surface area contributed by atoms with E-state index in [1.807, 2.05) is 0 Å². The summed E-state index contributed by atoms with van der Waals surface area (Å²) >= 11 is 5.86. The predicted octanol–water partition coefficient (Wildman–Crippen LogP) is 2.95. The molecule has 1 atom stereocenters. The van der Waals surface area contributed by atoms with Crippen molar-refractivity contribution in [3.05, 3.63) is 29.0 Å². The minimum Gasteiger partial charge on any atom is -0.480 e. The lowest BCUT2D eigenvalue weighted by atomic mass is 10.0. The molecule has 0 radical (unpaired) electrons. The molecule has 1 aromatic carbocycles. The Morgan fingerprint density at radius 1 is 1.40 bits per heavy atom. The van der Waals surface area contributed by atoms with Crippen molar-refractivity contribution in [1.82, 2.24) is 4.90 Å². The van der Waals surface area contributed by atoms with E-state index in [9.17, 15) is 14.0 Å². The first kappa shape index (κ1) is 14.6. The Hall–Kier alpha value is -1.82. The largest absolute Gasteiger partial charge is 0.480 e. The second-order valence-corrected chi connectivity index (χ2v) is 5.00. The number of hydrogen-bond donors (Lipinski definition) is 2. The van der Waals surface area contributed by atoms with Crippen LogP contribution in [0.2, 0.25) is 5.02 Å². The van der Waals surface area contributed by atoms with Gasteiger partial charge in [-0.1, -0.05) is 11.6 Å². The molecular weight excluding hydrogens is 287 g/mol. The molecule has 20 heavy (non-hydrogen) atoms. The number of aliphatic carboxylic acids is 1. The number of anilines is 1. The Morgan fingerprint density at radius 3 is 2.85 bits per heavy atom. The first-order valence-electron chi connectivity index (χ1n) is 6.24. The van der Waals surface area contributed by atoms with Crippen LogP contribution in [0.25, 0.3) is 0 Å². The van der Waals surface area contributed by atoms with Crippen molar-refractivity contribution in [2.75, 3.05) is 11.9 Å². The number of rotatable bonds is 2. The maximum absolute atomic E-state index is 13.1. The summed E-state index contributed by atoms with van der Waals surface area (Å²) < 4.78 is 13.1. The summed E-state index contributed by atoms with van der Waals surface area (Å²) in [4.78, 5) is 24.5. The van der Waals surface area contributed by atoms with E-state index in [4.69, 9.17) is 16.7 Å². The fraction of sp³-hybridized carbons (Fsp3) is 0.385. The van der Waals surface area contributed by atoms with E-state index >= 15 is 0 Å². The van der Waals surface area contributed by atoms with E-state index in [1.54, 1.807) is 0 Å². The molecule has 0 aromatic heterocycles. The summed E-state index contributed by atoms with van der Waals surface area (Å²) in [5, 5.41) is 11.8. The summed E-state index contributed by atoms with van der Waals surface area (Å²) in [7, 11) is 0. The van der Waals surface area contributed by atoms with Crippen molar-refractivity contribution in [3.8, 4) is 0 Å². The van der Waals surface area contributed by atoms with Crippen molar-refractivity contribution in [2.24, 2.45) is 0 Å². The molecule has 0 bridgehead atoms. The number of carbonyl (C=O) groups excluding carboxylic acids is 1. The van der Waals surface area contributed by atoms with Crippen LogP contribution in [0.5, 0.6) is 0 Å². The molecule has 2 amide bonds. The second-order valence-electron chi connectivity index (χ2n) is 4.60. The van der Waals surface area contributed by atoms with Crippen molar-refractivity contribution >= 4 is 29.3 Å². The van der Waals surface area contributed by atoms with Crippen LogP contribution in [0.4, 0.5) is 14.9 Å². The van der Waals surface area contributed by atoms with Gasteiger partial charge in [-0.2, -0.15) is 0 Å². The van der Waals surface area contributed by atoms with Gasteiger partial charge < -0.3 is 15.3 Å². The molecule has 2 rings (SSSR count). The molecule has 1 heterocycles. The van der Waals surface area contributed by atoms with E-state index in [-0.39, 0.29) is 10.7 Å². The quantitative estimate of drug-likeness (QED) is 0.882. The molecule has 0 aliphatic carbocycles. The average molecular weight is 301 g/mol. The molecule has 1 aliphatic rings. The van der Waals surface area contributed by atoms with Gasteiger partial charge in [0.1, 0.15) is 11.9 Å². The highest BCUT2D eigenvalue weighted by molar-refractivity contribution is 6.33. The zero-order chi connectivity index (χ0) is 14.7. The molecule has 1 saturated heterocycles. The molecule has 2 N–H and O–H groups in total. The first-order valence-corrected chi connectivity index (χ1v) is 6.62. The smallest absolute Gasteiger partial charge is 0.326 e. The van der Waals surface area contributed by atoms with Gasteiger partial charge in [0.25, 0.3) is 0 Å². The van der Waals surface area contributed by atoms with Crippen LogP contribution in [-0.2, 0) is 4.79 Å². The standard InChI is InChI=1S/C13H14ClFN2O3/c14-9-5-4-8(15)7-10(9)16-13(20)17-6-2-1-3-11(17)12(18)19/h4-5,7,11H,1-3,6H2,(H,16,20)(H,18,19). The number of nitrogens with one attached hydrogen (secondary N) is 1. The van der Waals surface area contributed by atoms with Crippen LogP contribution >= 0.6 is 11.6 Å². The second kappa shape index (κ2) is 6.09. The van der Waals surface area contributed by atoms with Crippen LogP contribution in [0, 0.1) is 5.82 Å². The van der Waals surface area contributed by atoms with Gasteiger partial charge >= 0.3 is 12.0 Å². The van der Waals surface area contributed by atoms with E-state index in [0.29, 0.717) is 13.0 Å². The van der Waals surface area contributed by atoms with Gasteiger partial charge in [-0.25, -0.2) is 14.0 Å². The summed E-state index contributed by atoms with van der Waals surface area (Å²) in [5.41, 5.74) is 0.131. The minimum absolute atomic E-state index is 0.131. The van der Waals surface area contributed by atoms with Gasteiger partial charge in [0, 0.05) is 6.54 Å². The number of piperidine rings is 1. The fourth-order valence-corrected chi connectivity index (χ4v) is 2.38. The van der Waals surface area contributed by atoms with Gasteiger partial charge in [0.05, 0.1) is 10.7 Å². The van der Waals surface area contributed by atoms with E-state index in [2.05, 4.69) is 5.32 Å². The van der Waals surface area contributed by atoms with Gasteiger partial charge in [0.15, 0.2) is 0 Å². The van der Waals surface area contributed by atoms with Crippen LogP contribution < -0.4 is 5.32 Å². The summed E-state index contributed by atoms with van der Waals surface area (Å²) in [5.74, 6) is -1.57. The zero-order valence-electron chi connectivity index (χ0n) is 10.6. The Balaban J connectivity index is 2.14. The predicted molar refractivity (Wildman–Crippen MR) is 72.4 cm³/mol. The van der Waals surface area contributed by atoms with Crippen LogP contribution in [0.15, 0.2) is 18.2 Å². The van der Waals surface area contributed by atoms with Crippen LogP contribution in [-0.4, -0.2) is 34.6 Å². The fourth-order valence-electron chi connectivity index (χ4n) is 2.21. The third kappa shape index (κ3) is 3.19. The summed E-state index contributed by atoms with van der Waals surface area (Å²) in [6.45, 7) is 0.357. The Bertz CT molecular complexity index is 538. The number of hydrogen-bond acceptors (Lipinski definition) is 2. The number of urea groups is 1. The molecule has 0 spiro atoms. The Morgan fingerprint density at radius 2 is 2.15 bits per heavy atom. The van der Waals surface area contributed by atoms with Gasteiger partial charge in [-0.3, -0.25) is 0 Å². The molecule has 1 aromatic rings. The lowest BCUT2D eigenvalue weighted by Gasteiger charge is -2.32. The number of benzene rings is 1. The Kier molecular flexibility index (Phi) is 4.44. The van der Waals surface area contributed by atoms with Crippen LogP contribution in [0.3, 0.4) is 0 Å². The van der Waals surface area contributed by atoms with Crippen molar-refractivity contribution < 1.29 is 19.1 Å². The van der Waals surface area contributed by atoms with Crippen molar-refractivity contribution in [3.63, 3.8) is 0 Å². The van der Waals surface area contributed by atoms with E-state index in [1.165, 1.54) is 17.0 Å². The molecule has 1 aliphatic heterocycles. The Labute approximate surface area is 120 Å². The summed E-state index contributed by atoms with van der Waals surface area (Å²) in [6, 6.07) is 2.18. The van der Waals surface area contributed by atoms with Crippen LogP contribution in [0.1, 0.15) is 19.3 Å². The first-order chi connectivity index (χ1) is 9.49. The number of carbonyl (C=O) groups is 2. The highest BCUT2D eigenvalue weighted by atomic mass is 35.5. The minimum atomic E-state index is -1.04. The van der Waals surface area contributed by atoms with Gasteiger partial charge in [-0.05, 0) is 37.5 Å². The SMILES string of the molecule is O=C(O)C1CCCCN1C(=O)Nc1cc(F)ccc1Cl. The number of halogens is 2. The lowest BCUT2D eigenvalue weighted by Crippen LogP contribution is -2.49. The topological polar surface area (TPSA) is 69.6 Å². The maximum atomic E-state index is 13.1. The highest BCUT2D eigenvalue weighted by Gasteiger charge is 2.32. The molecule has 1 fully saturated rings. The highest BCUT2D eigenvalue weighted by Crippen LogP contribution is 2.24.